The molecular weight excluding hydrogens is 484 g/mol. The van der Waals surface area contributed by atoms with Crippen LogP contribution in [0.15, 0.2) is 117 Å². The summed E-state index contributed by atoms with van der Waals surface area (Å²) in [7, 11) is -4.31. The summed E-state index contributed by atoms with van der Waals surface area (Å²) in [6, 6.07) is 33.3. The molecule has 188 valence electrons. The summed E-state index contributed by atoms with van der Waals surface area (Å²) in [6.45, 7) is 8.45. The lowest BCUT2D eigenvalue weighted by molar-refractivity contribution is 0.463. The summed E-state index contributed by atoms with van der Waals surface area (Å²) in [5.74, 6) is 0. The molecule has 0 saturated carbocycles. The molecule has 0 aliphatic heterocycles. The fourth-order valence-electron chi connectivity index (χ4n) is 3.70. The third-order valence-corrected chi connectivity index (χ3v) is 9.09. The van der Waals surface area contributed by atoms with Crippen molar-refractivity contribution in [2.45, 2.75) is 66.5 Å². The van der Waals surface area contributed by atoms with Crippen molar-refractivity contribution >= 4 is 21.0 Å². The molecule has 0 aliphatic carbocycles. The van der Waals surface area contributed by atoms with Crippen LogP contribution in [0.4, 0.5) is 0 Å². The first kappa shape index (κ1) is 27.7. The number of hydrogen-bond acceptors (Lipinski definition) is 3. The van der Waals surface area contributed by atoms with Gasteiger partial charge in [0.15, 0.2) is 14.7 Å². The molecule has 0 atom stereocenters. The Morgan fingerprint density at radius 3 is 1.11 bits per heavy atom. The molecule has 0 amide bonds. The second kappa shape index (κ2) is 12.9. The predicted octanol–water partition coefficient (Wildman–Crippen LogP) is 7.37. The van der Waals surface area contributed by atoms with Gasteiger partial charge < -0.3 is 4.55 Å². The van der Waals surface area contributed by atoms with Crippen molar-refractivity contribution in [2.24, 2.45) is 0 Å². The fraction of sp³-hybridized carbons (Fsp3) is 0.226. The third-order valence-electron chi connectivity index (χ3n) is 6.01. The van der Waals surface area contributed by atoms with Gasteiger partial charge in [0.2, 0.25) is 0 Å². The molecule has 36 heavy (non-hydrogen) atoms. The van der Waals surface area contributed by atoms with Crippen molar-refractivity contribution in [1.29, 1.82) is 0 Å². The van der Waals surface area contributed by atoms with E-state index in [1.807, 2.05) is 6.92 Å². The maximum atomic E-state index is 10.4. The van der Waals surface area contributed by atoms with Crippen LogP contribution in [-0.2, 0) is 40.3 Å². The van der Waals surface area contributed by atoms with Crippen molar-refractivity contribution in [2.75, 3.05) is 0 Å². The molecule has 4 aromatic carbocycles. The van der Waals surface area contributed by atoms with E-state index in [0.717, 1.165) is 24.8 Å². The molecule has 0 aromatic heterocycles. The van der Waals surface area contributed by atoms with Gasteiger partial charge in [-0.15, -0.1) is 0 Å². The fourth-order valence-corrected chi connectivity index (χ4v) is 6.21. The zero-order valence-corrected chi connectivity index (χ0v) is 23.0. The maximum absolute atomic E-state index is 10.4. The molecule has 4 rings (SSSR count). The van der Waals surface area contributed by atoms with E-state index in [4.69, 9.17) is 0 Å². The monoisotopic (exact) mass is 518 g/mol. The van der Waals surface area contributed by atoms with Gasteiger partial charge in [-0.3, -0.25) is 0 Å². The van der Waals surface area contributed by atoms with Crippen molar-refractivity contribution < 1.29 is 13.0 Å². The van der Waals surface area contributed by atoms with Crippen molar-refractivity contribution in [3.8, 4) is 0 Å². The zero-order valence-electron chi connectivity index (χ0n) is 21.4. The summed E-state index contributed by atoms with van der Waals surface area (Å²) in [6.07, 6.45) is 3.26. The van der Waals surface area contributed by atoms with Crippen LogP contribution in [0.2, 0.25) is 0 Å². The van der Waals surface area contributed by atoms with Gasteiger partial charge in [-0.1, -0.05) is 74.9 Å². The van der Waals surface area contributed by atoms with E-state index in [0.29, 0.717) is 0 Å². The molecule has 0 fully saturated rings. The largest absolute Gasteiger partial charge is 0.744 e. The lowest BCUT2D eigenvalue weighted by Crippen LogP contribution is -2.05. The van der Waals surface area contributed by atoms with Gasteiger partial charge in [-0.25, -0.2) is 8.42 Å². The van der Waals surface area contributed by atoms with E-state index in [-0.39, 0.29) is 15.8 Å². The third kappa shape index (κ3) is 7.57. The number of hydrogen-bond donors (Lipinski definition) is 0. The van der Waals surface area contributed by atoms with Gasteiger partial charge in [0, 0.05) is 0 Å². The molecule has 4 aromatic rings. The van der Waals surface area contributed by atoms with Crippen molar-refractivity contribution in [1.82, 2.24) is 0 Å². The van der Waals surface area contributed by atoms with Crippen LogP contribution in [0, 0.1) is 6.92 Å². The first-order chi connectivity index (χ1) is 17.2. The van der Waals surface area contributed by atoms with E-state index in [1.54, 1.807) is 12.1 Å². The number of rotatable bonds is 7. The molecule has 0 radical (unpaired) electrons. The minimum atomic E-state index is -4.27. The Bertz CT molecular complexity index is 1210. The summed E-state index contributed by atoms with van der Waals surface area (Å²) in [5.41, 5.74) is 5.12. The molecule has 0 saturated heterocycles. The van der Waals surface area contributed by atoms with Gasteiger partial charge in [0.25, 0.3) is 0 Å². The number of benzene rings is 4. The quantitative estimate of drug-likeness (QED) is 0.190. The topological polar surface area (TPSA) is 57.2 Å². The van der Waals surface area contributed by atoms with E-state index in [2.05, 4.69) is 93.6 Å². The summed E-state index contributed by atoms with van der Waals surface area (Å²) < 4.78 is 31.2. The molecule has 0 N–H and O–H groups in total. The lowest BCUT2D eigenvalue weighted by atomic mass is 10.2. The molecular formula is C31H34O3S2. The SMILES string of the molecule is CCc1ccc([S+](c2ccc(CC)cc2)c2ccc(CC)cc2)cc1.Cc1ccc(S(=O)(=O)[O-])cc1. The van der Waals surface area contributed by atoms with Crippen molar-refractivity contribution in [3.05, 3.63) is 119 Å². The Balaban J connectivity index is 0.000000275. The van der Waals surface area contributed by atoms with Gasteiger partial charge in [0.05, 0.1) is 15.8 Å². The predicted molar refractivity (Wildman–Crippen MR) is 149 cm³/mol. The minimum absolute atomic E-state index is 0.0454. The smallest absolute Gasteiger partial charge is 0.166 e. The summed E-state index contributed by atoms with van der Waals surface area (Å²) in [5, 5.41) is 0. The highest BCUT2D eigenvalue weighted by molar-refractivity contribution is 7.97. The Hall–Kier alpha value is -2.86. The van der Waals surface area contributed by atoms with E-state index >= 15 is 0 Å². The molecule has 5 heteroatoms. The second-order valence-corrected chi connectivity index (χ2v) is 12.0. The van der Waals surface area contributed by atoms with Crippen molar-refractivity contribution in [3.63, 3.8) is 0 Å². The lowest BCUT2D eigenvalue weighted by Gasteiger charge is -2.10. The molecule has 0 spiro atoms. The second-order valence-electron chi connectivity index (χ2n) is 8.57. The standard InChI is InChI=1S/C24H27S.C7H8O3S/c1-4-19-7-13-22(14-8-19)25(23-15-9-20(5-2)10-16-23)24-17-11-21(6-3)12-18-24;1-6-2-4-7(5-3-6)11(8,9)10/h7-18H,4-6H2,1-3H3;2-5H,1H3,(H,8,9,10)/q+1;/p-1. The maximum Gasteiger partial charge on any atom is 0.166 e. The van der Waals surface area contributed by atoms with Crippen LogP contribution >= 0.6 is 0 Å². The first-order valence-electron chi connectivity index (χ1n) is 12.3. The Morgan fingerprint density at radius 1 is 0.556 bits per heavy atom. The van der Waals surface area contributed by atoms with E-state index < -0.39 is 10.1 Å². The molecule has 0 aliphatic rings. The van der Waals surface area contributed by atoms with Crippen LogP contribution in [0.1, 0.15) is 43.0 Å². The van der Waals surface area contributed by atoms with Crippen LogP contribution in [-0.4, -0.2) is 13.0 Å². The van der Waals surface area contributed by atoms with Gasteiger partial charge in [0.1, 0.15) is 10.1 Å². The van der Waals surface area contributed by atoms with Gasteiger partial charge in [-0.05, 0) is 91.4 Å². The molecule has 0 bridgehead atoms. The van der Waals surface area contributed by atoms with Crippen LogP contribution in [0.3, 0.4) is 0 Å². The molecule has 0 unspecified atom stereocenters. The van der Waals surface area contributed by atoms with Gasteiger partial charge >= 0.3 is 0 Å². The Morgan fingerprint density at radius 2 is 0.861 bits per heavy atom. The normalized spacial score (nSPS) is 11.2. The highest BCUT2D eigenvalue weighted by Gasteiger charge is 2.28. The first-order valence-corrected chi connectivity index (χ1v) is 14.9. The molecule has 0 heterocycles. The van der Waals surface area contributed by atoms with Gasteiger partial charge in [-0.2, -0.15) is 0 Å². The van der Waals surface area contributed by atoms with E-state index in [9.17, 15) is 13.0 Å². The number of aryl methyl sites for hydroxylation is 4. The van der Waals surface area contributed by atoms with Crippen LogP contribution in [0.25, 0.3) is 0 Å². The van der Waals surface area contributed by atoms with E-state index in [1.165, 1.54) is 43.5 Å². The zero-order chi connectivity index (χ0) is 26.1. The Labute approximate surface area is 219 Å². The summed E-state index contributed by atoms with van der Waals surface area (Å²) in [4.78, 5) is 4.00. The minimum Gasteiger partial charge on any atom is -0.744 e. The highest BCUT2D eigenvalue weighted by Crippen LogP contribution is 2.32. The van der Waals surface area contributed by atoms with Crippen LogP contribution in [0.5, 0.6) is 0 Å². The highest BCUT2D eigenvalue weighted by atomic mass is 32.2. The molecule has 3 nitrogen and oxygen atoms in total. The average molecular weight is 519 g/mol. The summed E-state index contributed by atoms with van der Waals surface area (Å²) >= 11 is 0. The average Bonchev–Trinajstić information content (AvgIpc) is 2.90. The van der Waals surface area contributed by atoms with Crippen LogP contribution < -0.4 is 0 Å². The Kier molecular flexibility index (Phi) is 9.94.